The quantitative estimate of drug-likeness (QED) is 0.151. The van der Waals surface area contributed by atoms with Gasteiger partial charge in [-0.1, -0.05) is 185 Å². The molecule has 0 N–H and O–H groups in total. The first-order valence-corrected chi connectivity index (χ1v) is 32.8. The van der Waals surface area contributed by atoms with Crippen LogP contribution < -0.4 is 0 Å². The third-order valence-corrected chi connectivity index (χ3v) is 20.9. The Labute approximate surface area is 519 Å². The number of rotatable bonds is 7. The molecule has 5 heteroatoms. The highest BCUT2D eigenvalue weighted by molar-refractivity contribution is 7.26. The lowest BCUT2D eigenvalue weighted by atomic mass is 9.97. The SMILES string of the molecule is C1=CC2CC2C=C1n1c2ccc(-c3ccc4c(c3)c3cc(-c5cccc6c5sc5ccccc56)ccc3n4-c3ccccc3)cc2c2cc(-c3ccc4c(c3)c3cc(-c5cccc6c5sc5ccccc56)ccc3n4-c3ccccc3)ccc21.CC.CC. The second-order valence-electron chi connectivity index (χ2n) is 23.1. The van der Waals surface area contributed by atoms with E-state index in [0.717, 1.165) is 11.4 Å². The highest BCUT2D eigenvalue weighted by atomic mass is 32.1. The summed E-state index contributed by atoms with van der Waals surface area (Å²) in [5.74, 6) is 1.29. The fourth-order valence-electron chi connectivity index (χ4n) is 14.4. The number of benzene rings is 12. The normalized spacial score (nSPS) is 14.6. The fourth-order valence-corrected chi connectivity index (χ4v) is 16.8. The van der Waals surface area contributed by atoms with Gasteiger partial charge in [0.25, 0.3) is 0 Å². The number of hydrogen-bond acceptors (Lipinski definition) is 2. The van der Waals surface area contributed by atoms with E-state index in [0.29, 0.717) is 11.8 Å². The van der Waals surface area contributed by atoms with Crippen LogP contribution in [0.15, 0.2) is 273 Å². The van der Waals surface area contributed by atoms with Crippen LogP contribution in [0.3, 0.4) is 0 Å². The van der Waals surface area contributed by atoms with Gasteiger partial charge in [-0.3, -0.25) is 0 Å². The molecule has 2 atom stereocenters. The Hall–Kier alpha value is -10.0. The molecule has 2 aliphatic rings. The number of para-hydroxylation sites is 2. The standard InChI is InChI=1S/C79H49N3S2.2C2H6/c1-3-13-55(14-4-1)80-70-33-26-48(43-66(70)68-45-52(30-37-72(68)80)58-19-11-21-62-60-17-7-9-23-76(60)83-78(58)62)50-28-35-74-64(41-50)65-42-51(29-36-75(65)82(74)57-32-25-47-39-54(47)40-57)49-27-34-71-67(44-49)69-46-53(31-38-73(69)81(71)56-15-5-2-6-16-56)59-20-12-22-63-61-18-8-10-24-77(61)84-79(59)63;2*1-2/h1-38,40-47,54H,39H2;2*1-2H3. The Kier molecular flexibility index (Phi) is 12.4. The summed E-state index contributed by atoms with van der Waals surface area (Å²) in [6.45, 7) is 8.00. The van der Waals surface area contributed by atoms with Crippen molar-refractivity contribution in [3.05, 3.63) is 273 Å². The van der Waals surface area contributed by atoms with Crippen molar-refractivity contribution in [2.24, 2.45) is 11.8 Å². The maximum atomic E-state index is 2.52. The number of hydrogen-bond donors (Lipinski definition) is 0. The largest absolute Gasteiger partial charge is 0.310 e. The molecule has 0 radical (unpaired) electrons. The van der Waals surface area contributed by atoms with Crippen LogP contribution in [0, 0.1) is 11.8 Å². The zero-order chi connectivity index (χ0) is 58.7. The van der Waals surface area contributed by atoms with Crippen LogP contribution in [0.25, 0.3) is 167 Å². The van der Waals surface area contributed by atoms with Gasteiger partial charge >= 0.3 is 0 Å². The number of fused-ring (bicyclic) bond motifs is 16. The van der Waals surface area contributed by atoms with E-state index in [1.165, 1.54) is 162 Å². The summed E-state index contributed by atoms with van der Waals surface area (Å²) in [7, 11) is 0. The first-order chi connectivity index (χ1) is 43.6. The maximum absolute atomic E-state index is 2.52. The molecule has 19 rings (SSSR count). The van der Waals surface area contributed by atoms with Crippen molar-refractivity contribution in [3.8, 4) is 55.9 Å². The first kappa shape index (κ1) is 52.3. The Morgan fingerprint density at radius 1 is 0.295 bits per heavy atom. The molecule has 1 saturated carbocycles. The van der Waals surface area contributed by atoms with Gasteiger partial charge in [0.05, 0.1) is 33.1 Å². The highest BCUT2D eigenvalue weighted by Crippen LogP contribution is 2.49. The molecule has 12 aromatic carbocycles. The van der Waals surface area contributed by atoms with Crippen molar-refractivity contribution in [1.29, 1.82) is 0 Å². The van der Waals surface area contributed by atoms with Gasteiger partial charge < -0.3 is 13.7 Å². The second kappa shape index (κ2) is 20.8. The van der Waals surface area contributed by atoms with Gasteiger partial charge in [0.1, 0.15) is 0 Å². The molecular formula is C83H61N3S2. The number of aromatic nitrogens is 3. The number of allylic oxidation sites excluding steroid dienone is 4. The number of nitrogens with zero attached hydrogens (tertiary/aromatic N) is 3. The summed E-state index contributed by atoms with van der Waals surface area (Å²) in [6, 6.07) is 95.7. The summed E-state index contributed by atoms with van der Waals surface area (Å²) in [4.78, 5) is 0. The Morgan fingerprint density at radius 3 is 1.03 bits per heavy atom. The van der Waals surface area contributed by atoms with Crippen LogP contribution in [-0.2, 0) is 0 Å². The van der Waals surface area contributed by atoms with Crippen LogP contribution in [0.1, 0.15) is 34.1 Å². The lowest BCUT2D eigenvalue weighted by Gasteiger charge is -2.12. The molecule has 0 saturated heterocycles. The van der Waals surface area contributed by atoms with Gasteiger partial charge in [0, 0.05) is 89.7 Å². The molecule has 17 aromatic rings. The van der Waals surface area contributed by atoms with Crippen molar-refractivity contribution < 1.29 is 0 Å². The highest BCUT2D eigenvalue weighted by Gasteiger charge is 2.36. The maximum Gasteiger partial charge on any atom is 0.0541 e. The third-order valence-electron chi connectivity index (χ3n) is 18.5. The first-order valence-electron chi connectivity index (χ1n) is 31.2. The van der Waals surface area contributed by atoms with Gasteiger partial charge in [-0.25, -0.2) is 0 Å². The molecule has 5 aromatic heterocycles. The molecule has 1 fully saturated rings. The van der Waals surface area contributed by atoms with Crippen LogP contribution in [0.5, 0.6) is 0 Å². The summed E-state index contributed by atoms with van der Waals surface area (Å²) < 4.78 is 12.7. The van der Waals surface area contributed by atoms with E-state index in [4.69, 9.17) is 0 Å². The minimum atomic E-state index is 0.613. The molecule has 420 valence electrons. The minimum Gasteiger partial charge on any atom is -0.310 e. The predicted octanol–water partition coefficient (Wildman–Crippen LogP) is 24.5. The van der Waals surface area contributed by atoms with Crippen molar-refractivity contribution in [2.45, 2.75) is 34.1 Å². The summed E-state index contributed by atoms with van der Waals surface area (Å²) in [6.07, 6.45) is 8.56. The average Bonchev–Trinajstić information content (AvgIpc) is 4.05. The molecule has 88 heavy (non-hydrogen) atoms. The van der Waals surface area contributed by atoms with E-state index in [2.05, 4.69) is 287 Å². The predicted molar refractivity (Wildman–Crippen MR) is 383 cm³/mol. The van der Waals surface area contributed by atoms with Crippen LogP contribution >= 0.6 is 22.7 Å². The molecule has 2 aliphatic carbocycles. The number of thiophene rings is 2. The molecule has 0 spiro atoms. The minimum absolute atomic E-state index is 0.613. The fraction of sp³-hybridized carbons (Fsp3) is 0.0843. The molecular weight excluding hydrogens is 1100 g/mol. The van der Waals surface area contributed by atoms with Crippen LogP contribution in [0.4, 0.5) is 0 Å². The monoisotopic (exact) mass is 1160 g/mol. The topological polar surface area (TPSA) is 14.8 Å². The molecule has 0 aliphatic heterocycles. The molecule has 2 unspecified atom stereocenters. The summed E-state index contributed by atoms with van der Waals surface area (Å²) >= 11 is 3.79. The summed E-state index contributed by atoms with van der Waals surface area (Å²) in [5.41, 5.74) is 20.7. The second-order valence-corrected chi connectivity index (χ2v) is 25.2. The van der Waals surface area contributed by atoms with Gasteiger partial charge in [0.2, 0.25) is 0 Å². The molecule has 5 heterocycles. The van der Waals surface area contributed by atoms with Gasteiger partial charge in [-0.2, -0.15) is 0 Å². The van der Waals surface area contributed by atoms with E-state index in [1.807, 2.05) is 50.4 Å². The van der Waals surface area contributed by atoms with Crippen LogP contribution in [-0.4, -0.2) is 13.7 Å². The Balaban J connectivity index is 0.00000147. The van der Waals surface area contributed by atoms with E-state index in [9.17, 15) is 0 Å². The van der Waals surface area contributed by atoms with Crippen molar-refractivity contribution in [2.75, 3.05) is 0 Å². The molecule has 0 amide bonds. The molecule has 3 nitrogen and oxygen atoms in total. The van der Waals surface area contributed by atoms with Gasteiger partial charge in [-0.15, -0.1) is 22.7 Å². The zero-order valence-electron chi connectivity index (χ0n) is 49.5. The third kappa shape index (κ3) is 8.14. The average molecular weight is 1160 g/mol. The van der Waals surface area contributed by atoms with Gasteiger partial charge in [-0.05, 0) is 178 Å². The lowest BCUT2D eigenvalue weighted by molar-refractivity contribution is 0.969. The van der Waals surface area contributed by atoms with E-state index in [-0.39, 0.29) is 0 Å². The van der Waals surface area contributed by atoms with E-state index >= 15 is 0 Å². The van der Waals surface area contributed by atoms with Crippen molar-refractivity contribution in [3.63, 3.8) is 0 Å². The van der Waals surface area contributed by atoms with Crippen molar-refractivity contribution in [1.82, 2.24) is 13.7 Å². The van der Waals surface area contributed by atoms with Crippen LogP contribution in [0.2, 0.25) is 0 Å². The van der Waals surface area contributed by atoms with Gasteiger partial charge in [0.15, 0.2) is 0 Å². The molecule has 0 bridgehead atoms. The van der Waals surface area contributed by atoms with E-state index in [1.54, 1.807) is 0 Å². The van der Waals surface area contributed by atoms with E-state index < -0.39 is 0 Å². The smallest absolute Gasteiger partial charge is 0.0541 e. The zero-order valence-corrected chi connectivity index (χ0v) is 51.1. The van der Waals surface area contributed by atoms with Crippen molar-refractivity contribution >= 4 is 134 Å². The summed E-state index contributed by atoms with van der Waals surface area (Å²) in [5, 5.41) is 12.8. The lowest BCUT2D eigenvalue weighted by Crippen LogP contribution is -1.98. The Morgan fingerprint density at radius 2 is 0.636 bits per heavy atom. The Bertz CT molecular complexity index is 5390.